The zero-order chi connectivity index (χ0) is 12.7. The van der Waals surface area contributed by atoms with E-state index in [9.17, 15) is 13.2 Å². The van der Waals surface area contributed by atoms with Crippen molar-refractivity contribution in [3.8, 4) is 0 Å². The monoisotopic (exact) mass is 268 g/mol. The van der Waals surface area contributed by atoms with Gasteiger partial charge < -0.3 is 10.1 Å². The molecule has 0 bridgehead atoms. The van der Waals surface area contributed by atoms with Crippen molar-refractivity contribution >= 4 is 11.3 Å². The number of hydrogen-bond acceptors (Lipinski definition) is 4. The molecule has 0 saturated carbocycles. The van der Waals surface area contributed by atoms with Crippen LogP contribution in [0.1, 0.15) is 17.6 Å². The Morgan fingerprint density at radius 2 is 2.24 bits per heavy atom. The van der Waals surface area contributed by atoms with Gasteiger partial charge in [0.15, 0.2) is 0 Å². The Bertz CT molecular complexity index is 328. The molecule has 98 valence electrons. The summed E-state index contributed by atoms with van der Waals surface area (Å²) in [5, 5.41) is 4.97. The number of hydrogen-bond donors (Lipinski definition) is 1. The van der Waals surface area contributed by atoms with Gasteiger partial charge in [0.05, 0.1) is 23.9 Å². The van der Waals surface area contributed by atoms with Gasteiger partial charge in [-0.25, -0.2) is 4.98 Å². The predicted molar refractivity (Wildman–Crippen MR) is 60.1 cm³/mol. The minimum absolute atomic E-state index is 0.143. The van der Waals surface area contributed by atoms with Gasteiger partial charge in [-0.05, 0) is 6.92 Å². The molecular weight excluding hydrogens is 253 g/mol. The number of nitrogens with zero attached hydrogens (tertiary/aromatic N) is 1. The summed E-state index contributed by atoms with van der Waals surface area (Å²) < 4.78 is 40.8. The van der Waals surface area contributed by atoms with Crippen molar-refractivity contribution in [1.29, 1.82) is 0 Å². The van der Waals surface area contributed by atoms with Crippen LogP contribution >= 0.6 is 11.3 Å². The van der Waals surface area contributed by atoms with Crippen LogP contribution in [0.4, 0.5) is 13.2 Å². The highest BCUT2D eigenvalue weighted by Crippen LogP contribution is 2.14. The van der Waals surface area contributed by atoms with E-state index in [2.05, 4.69) is 10.3 Å². The van der Waals surface area contributed by atoms with E-state index in [1.54, 1.807) is 5.38 Å². The number of aromatic nitrogens is 1. The number of nitrogens with one attached hydrogen (secondary N) is 1. The fourth-order valence-corrected chi connectivity index (χ4v) is 1.96. The quantitative estimate of drug-likeness (QED) is 0.771. The normalized spacial score (nSPS) is 12.0. The number of rotatable bonds is 7. The van der Waals surface area contributed by atoms with Crippen LogP contribution in [0.2, 0.25) is 0 Å². The van der Waals surface area contributed by atoms with E-state index < -0.39 is 12.7 Å². The summed E-state index contributed by atoms with van der Waals surface area (Å²) in [6.07, 6.45) is -3.47. The van der Waals surface area contributed by atoms with Gasteiger partial charge in [-0.2, -0.15) is 13.2 Å². The van der Waals surface area contributed by atoms with E-state index in [-0.39, 0.29) is 6.54 Å². The number of alkyl halides is 3. The van der Waals surface area contributed by atoms with Gasteiger partial charge in [0.1, 0.15) is 0 Å². The van der Waals surface area contributed by atoms with Crippen molar-refractivity contribution in [2.24, 2.45) is 0 Å². The molecule has 1 N–H and O–H groups in total. The van der Waals surface area contributed by atoms with Crippen LogP contribution in [0.15, 0.2) is 5.38 Å². The van der Waals surface area contributed by atoms with Gasteiger partial charge in [0.2, 0.25) is 0 Å². The lowest BCUT2D eigenvalue weighted by Gasteiger charge is -2.06. The lowest BCUT2D eigenvalue weighted by molar-refractivity contribution is -0.125. The van der Waals surface area contributed by atoms with Crippen molar-refractivity contribution < 1.29 is 17.9 Å². The molecule has 0 saturated heterocycles. The lowest BCUT2D eigenvalue weighted by atomic mass is 10.4. The minimum atomic E-state index is -4.17. The Morgan fingerprint density at radius 3 is 2.88 bits per heavy atom. The maximum atomic E-state index is 11.9. The molecule has 3 nitrogen and oxygen atoms in total. The van der Waals surface area contributed by atoms with Crippen LogP contribution < -0.4 is 5.32 Å². The van der Waals surface area contributed by atoms with Crippen LogP contribution in [0.5, 0.6) is 0 Å². The largest absolute Gasteiger partial charge is 0.401 e. The SMILES string of the molecule is CCOCCc1nc(CNCC(F)(F)F)cs1. The summed E-state index contributed by atoms with van der Waals surface area (Å²) in [6.45, 7) is 2.32. The molecule has 1 rings (SSSR count). The molecule has 0 aromatic carbocycles. The summed E-state index contributed by atoms with van der Waals surface area (Å²) in [7, 11) is 0. The van der Waals surface area contributed by atoms with E-state index in [1.165, 1.54) is 11.3 Å². The average molecular weight is 268 g/mol. The Morgan fingerprint density at radius 1 is 1.47 bits per heavy atom. The van der Waals surface area contributed by atoms with Crippen molar-refractivity contribution in [3.63, 3.8) is 0 Å². The van der Waals surface area contributed by atoms with Crippen LogP contribution in [0.25, 0.3) is 0 Å². The van der Waals surface area contributed by atoms with E-state index >= 15 is 0 Å². The molecule has 0 radical (unpaired) electrons. The maximum absolute atomic E-state index is 11.9. The average Bonchev–Trinajstić information content (AvgIpc) is 2.64. The molecule has 0 aliphatic carbocycles. The smallest absolute Gasteiger partial charge is 0.381 e. The second-order valence-electron chi connectivity index (χ2n) is 3.40. The highest BCUT2D eigenvalue weighted by Gasteiger charge is 2.26. The fourth-order valence-electron chi connectivity index (χ4n) is 1.18. The molecule has 0 unspecified atom stereocenters. The molecule has 0 aliphatic rings. The zero-order valence-corrected chi connectivity index (χ0v) is 10.3. The molecule has 1 aromatic rings. The number of thiazole rings is 1. The summed E-state index contributed by atoms with van der Waals surface area (Å²) in [5.74, 6) is 0. The molecule has 0 spiro atoms. The molecule has 0 aliphatic heterocycles. The summed E-state index contributed by atoms with van der Waals surface area (Å²) in [6, 6.07) is 0. The third kappa shape index (κ3) is 6.60. The number of ether oxygens (including phenoxy) is 1. The first-order valence-electron chi connectivity index (χ1n) is 5.29. The van der Waals surface area contributed by atoms with Gasteiger partial charge in [0.25, 0.3) is 0 Å². The summed E-state index contributed by atoms with van der Waals surface area (Å²) >= 11 is 1.45. The second-order valence-corrected chi connectivity index (χ2v) is 4.34. The number of halogens is 3. The maximum Gasteiger partial charge on any atom is 0.401 e. The predicted octanol–water partition coefficient (Wildman–Crippen LogP) is 2.37. The minimum Gasteiger partial charge on any atom is -0.381 e. The lowest BCUT2D eigenvalue weighted by Crippen LogP contribution is -2.28. The molecular formula is C10H15F3N2OS. The van der Waals surface area contributed by atoms with Crippen LogP contribution in [0, 0.1) is 0 Å². The zero-order valence-electron chi connectivity index (χ0n) is 9.51. The summed E-state index contributed by atoms with van der Waals surface area (Å²) in [5.41, 5.74) is 0.644. The molecule has 1 aromatic heterocycles. The van der Waals surface area contributed by atoms with Crippen LogP contribution in [-0.4, -0.2) is 30.9 Å². The molecule has 7 heteroatoms. The first-order chi connectivity index (χ1) is 8.01. The van der Waals surface area contributed by atoms with Crippen molar-refractivity contribution in [2.75, 3.05) is 19.8 Å². The van der Waals surface area contributed by atoms with E-state index in [0.29, 0.717) is 25.3 Å². The first-order valence-corrected chi connectivity index (χ1v) is 6.17. The Hall–Kier alpha value is -0.660. The Kier molecular flexibility index (Phi) is 5.87. The van der Waals surface area contributed by atoms with Crippen LogP contribution in [-0.2, 0) is 17.7 Å². The molecule has 0 atom stereocenters. The molecule has 0 amide bonds. The van der Waals surface area contributed by atoms with E-state index in [1.807, 2.05) is 6.92 Å². The van der Waals surface area contributed by atoms with Gasteiger partial charge in [-0.1, -0.05) is 0 Å². The van der Waals surface area contributed by atoms with Gasteiger partial charge >= 0.3 is 6.18 Å². The van der Waals surface area contributed by atoms with Crippen molar-refractivity contribution in [2.45, 2.75) is 26.1 Å². The molecule has 0 fully saturated rings. The molecule has 17 heavy (non-hydrogen) atoms. The summed E-state index contributed by atoms with van der Waals surface area (Å²) in [4.78, 5) is 4.21. The molecule has 1 heterocycles. The van der Waals surface area contributed by atoms with E-state index in [0.717, 1.165) is 5.01 Å². The van der Waals surface area contributed by atoms with Crippen molar-refractivity contribution in [3.05, 3.63) is 16.1 Å². The highest BCUT2D eigenvalue weighted by atomic mass is 32.1. The van der Waals surface area contributed by atoms with Gasteiger partial charge in [0, 0.05) is 25.0 Å². The standard InChI is InChI=1S/C10H15F3N2OS/c1-2-16-4-3-9-15-8(6-17-9)5-14-7-10(11,12)13/h6,14H,2-5,7H2,1H3. The van der Waals surface area contributed by atoms with Crippen molar-refractivity contribution in [1.82, 2.24) is 10.3 Å². The van der Waals surface area contributed by atoms with Crippen LogP contribution in [0.3, 0.4) is 0 Å². The van der Waals surface area contributed by atoms with Gasteiger partial charge in [-0.15, -0.1) is 11.3 Å². The first kappa shape index (κ1) is 14.4. The third-order valence-electron chi connectivity index (χ3n) is 1.90. The second kappa shape index (κ2) is 6.93. The topological polar surface area (TPSA) is 34.1 Å². The fraction of sp³-hybridized carbons (Fsp3) is 0.700. The van der Waals surface area contributed by atoms with Gasteiger partial charge in [-0.3, -0.25) is 0 Å². The Labute approximate surface area is 102 Å². The highest BCUT2D eigenvalue weighted by molar-refractivity contribution is 7.09. The Balaban J connectivity index is 2.26. The third-order valence-corrected chi connectivity index (χ3v) is 2.85. The van der Waals surface area contributed by atoms with E-state index in [4.69, 9.17) is 4.74 Å².